The number of halogens is 2. The molecule has 2 aromatic rings. The van der Waals surface area contributed by atoms with Crippen LogP contribution in [0, 0.1) is 35.3 Å². The fourth-order valence-electron chi connectivity index (χ4n) is 4.93. The minimum absolute atomic E-state index is 0.0166. The highest BCUT2D eigenvalue weighted by atomic mass is 32.2. The molecule has 8 nitrogen and oxygen atoms in total. The van der Waals surface area contributed by atoms with E-state index in [9.17, 15) is 27.1 Å². The molecule has 1 aliphatic carbocycles. The molecule has 3 unspecified atom stereocenters. The SMILES string of the molecule is CC1CN(C(C)CO)S(=O)(=O)c2ccc(C#CC3CCCC3)cc2OC1CN(C)C(=O)Nc1cc(F)ccc1F. The maximum Gasteiger partial charge on any atom is 0.321 e. The van der Waals surface area contributed by atoms with Crippen molar-refractivity contribution in [3.63, 3.8) is 0 Å². The lowest BCUT2D eigenvalue weighted by molar-refractivity contribution is 0.0830. The average Bonchev–Trinajstić information content (AvgIpc) is 3.44. The van der Waals surface area contributed by atoms with Crippen LogP contribution in [0.5, 0.6) is 5.75 Å². The van der Waals surface area contributed by atoms with Crippen molar-refractivity contribution in [2.75, 3.05) is 32.1 Å². The van der Waals surface area contributed by atoms with Gasteiger partial charge in [0, 0.05) is 43.1 Å². The van der Waals surface area contributed by atoms with Gasteiger partial charge in [0.25, 0.3) is 0 Å². The highest BCUT2D eigenvalue weighted by Gasteiger charge is 2.38. The number of amides is 2. The van der Waals surface area contributed by atoms with E-state index in [1.807, 2.05) is 0 Å². The summed E-state index contributed by atoms with van der Waals surface area (Å²) in [5, 5.41) is 12.2. The summed E-state index contributed by atoms with van der Waals surface area (Å²) in [4.78, 5) is 14.1. The molecule has 2 aromatic carbocycles. The van der Waals surface area contributed by atoms with Crippen molar-refractivity contribution in [1.29, 1.82) is 0 Å². The highest BCUT2D eigenvalue weighted by Crippen LogP contribution is 2.34. The molecule has 2 amide bonds. The molecule has 1 heterocycles. The third-order valence-electron chi connectivity index (χ3n) is 7.41. The van der Waals surface area contributed by atoms with E-state index in [4.69, 9.17) is 4.74 Å². The number of nitrogens with zero attached hydrogens (tertiary/aromatic N) is 2. The number of fused-ring (bicyclic) bond motifs is 1. The van der Waals surface area contributed by atoms with Crippen LogP contribution < -0.4 is 10.1 Å². The van der Waals surface area contributed by atoms with Crippen molar-refractivity contribution in [1.82, 2.24) is 9.21 Å². The summed E-state index contributed by atoms with van der Waals surface area (Å²) < 4.78 is 62.5. The summed E-state index contributed by atoms with van der Waals surface area (Å²) >= 11 is 0. The Bertz CT molecular complexity index is 1400. The maximum absolute atomic E-state index is 14.1. The third-order valence-corrected chi connectivity index (χ3v) is 9.43. The number of sulfonamides is 1. The number of anilines is 1. The molecule has 0 spiro atoms. The van der Waals surface area contributed by atoms with Crippen molar-refractivity contribution in [3.8, 4) is 17.6 Å². The Hall–Kier alpha value is -3.20. The number of benzene rings is 2. The number of carbonyl (C=O) groups is 1. The molecule has 1 saturated carbocycles. The molecule has 11 heteroatoms. The first-order chi connectivity index (χ1) is 19.0. The molecule has 0 bridgehead atoms. The van der Waals surface area contributed by atoms with Gasteiger partial charge in [0.2, 0.25) is 10.0 Å². The van der Waals surface area contributed by atoms with Gasteiger partial charge in [0.1, 0.15) is 28.4 Å². The summed E-state index contributed by atoms with van der Waals surface area (Å²) in [6.07, 6.45) is 3.72. The number of likely N-dealkylation sites (N-methyl/N-ethyl adjacent to an activating group) is 1. The van der Waals surface area contributed by atoms with Crippen LogP contribution in [0.1, 0.15) is 45.1 Å². The van der Waals surface area contributed by atoms with Crippen LogP contribution >= 0.6 is 0 Å². The van der Waals surface area contributed by atoms with Gasteiger partial charge in [0.05, 0.1) is 18.8 Å². The van der Waals surface area contributed by atoms with E-state index < -0.39 is 45.8 Å². The molecule has 40 heavy (non-hydrogen) atoms. The zero-order chi connectivity index (χ0) is 29.0. The van der Waals surface area contributed by atoms with E-state index >= 15 is 0 Å². The van der Waals surface area contributed by atoms with Crippen LogP contribution in [-0.2, 0) is 10.0 Å². The minimum Gasteiger partial charge on any atom is -0.487 e. The Morgan fingerprint density at radius 1 is 1.23 bits per heavy atom. The van der Waals surface area contributed by atoms with Gasteiger partial charge < -0.3 is 20.1 Å². The van der Waals surface area contributed by atoms with E-state index in [0.717, 1.165) is 43.9 Å². The molecule has 0 aromatic heterocycles. The number of aliphatic hydroxyl groups excluding tert-OH is 1. The number of nitrogens with one attached hydrogen (secondary N) is 1. The second kappa shape index (κ2) is 12.5. The number of rotatable bonds is 5. The summed E-state index contributed by atoms with van der Waals surface area (Å²) in [5.41, 5.74) is 0.315. The van der Waals surface area contributed by atoms with Gasteiger partial charge in [-0.2, -0.15) is 4.31 Å². The Kier molecular flexibility index (Phi) is 9.33. The van der Waals surface area contributed by atoms with Crippen LogP contribution in [0.2, 0.25) is 0 Å². The Labute approximate surface area is 234 Å². The smallest absolute Gasteiger partial charge is 0.321 e. The molecule has 4 rings (SSSR count). The predicted octanol–water partition coefficient (Wildman–Crippen LogP) is 4.44. The quantitative estimate of drug-likeness (QED) is 0.514. The first-order valence-corrected chi connectivity index (χ1v) is 14.9. The van der Waals surface area contributed by atoms with Crippen LogP contribution in [0.15, 0.2) is 41.3 Å². The predicted molar refractivity (Wildman–Crippen MR) is 147 cm³/mol. The van der Waals surface area contributed by atoms with Crippen molar-refractivity contribution < 1.29 is 31.8 Å². The summed E-state index contributed by atoms with van der Waals surface area (Å²) in [5.74, 6) is 4.96. The normalized spacial score (nSPS) is 21.6. The van der Waals surface area contributed by atoms with E-state index in [2.05, 4.69) is 17.2 Å². The van der Waals surface area contributed by atoms with Gasteiger partial charge in [-0.15, -0.1) is 0 Å². The lowest BCUT2D eigenvalue weighted by Crippen LogP contribution is -2.50. The van der Waals surface area contributed by atoms with Crippen molar-refractivity contribution in [3.05, 3.63) is 53.6 Å². The van der Waals surface area contributed by atoms with Crippen LogP contribution in [-0.4, -0.2) is 67.7 Å². The summed E-state index contributed by atoms with van der Waals surface area (Å²) in [6.45, 7) is 3.09. The first-order valence-electron chi connectivity index (χ1n) is 13.4. The number of hydrogen-bond acceptors (Lipinski definition) is 5. The summed E-state index contributed by atoms with van der Waals surface area (Å²) in [7, 11) is -2.54. The molecule has 216 valence electrons. The van der Waals surface area contributed by atoms with Gasteiger partial charge in [0.15, 0.2) is 0 Å². The molecule has 3 atom stereocenters. The molecular weight excluding hydrogens is 540 g/mol. The summed E-state index contributed by atoms with van der Waals surface area (Å²) in [6, 6.07) is 6.10. The third kappa shape index (κ3) is 6.74. The molecule has 0 saturated heterocycles. The van der Waals surface area contributed by atoms with E-state index in [-0.39, 0.29) is 36.0 Å². The number of ether oxygens (including phenoxy) is 1. The minimum atomic E-state index is -4.02. The van der Waals surface area contributed by atoms with Crippen LogP contribution in [0.25, 0.3) is 0 Å². The maximum atomic E-state index is 14.1. The second-order valence-electron chi connectivity index (χ2n) is 10.6. The van der Waals surface area contributed by atoms with Crippen molar-refractivity contribution >= 4 is 21.7 Å². The molecule has 1 fully saturated rings. The molecule has 2 N–H and O–H groups in total. The standard InChI is InChI=1S/C29H35F2N3O5S/c1-19-16-34(20(2)18-35)40(37,38)28-13-10-22(9-8-21-6-4-5-7-21)14-26(28)39-27(19)17-33(3)29(36)32-25-15-23(30)11-12-24(25)31/h10-15,19-21,27,35H,4-7,16-18H2,1-3H3,(H,32,36). The number of urea groups is 1. The first kappa shape index (κ1) is 29.8. The van der Waals surface area contributed by atoms with E-state index in [1.54, 1.807) is 26.0 Å². The van der Waals surface area contributed by atoms with Gasteiger partial charge in [-0.25, -0.2) is 22.0 Å². The fourth-order valence-corrected chi connectivity index (χ4v) is 6.76. The molecule has 1 aliphatic heterocycles. The molecular formula is C29H35F2N3O5S. The zero-order valence-electron chi connectivity index (χ0n) is 22.9. The van der Waals surface area contributed by atoms with Crippen LogP contribution in [0.3, 0.4) is 0 Å². The lowest BCUT2D eigenvalue weighted by atomic mass is 10.0. The monoisotopic (exact) mass is 575 g/mol. The lowest BCUT2D eigenvalue weighted by Gasteiger charge is -2.37. The van der Waals surface area contributed by atoms with Crippen molar-refractivity contribution in [2.45, 2.75) is 56.6 Å². The zero-order valence-corrected chi connectivity index (χ0v) is 23.7. The number of aliphatic hydroxyl groups is 1. The van der Waals surface area contributed by atoms with Gasteiger partial charge >= 0.3 is 6.03 Å². The van der Waals surface area contributed by atoms with Gasteiger partial charge in [-0.3, -0.25) is 0 Å². The van der Waals surface area contributed by atoms with Crippen LogP contribution in [0.4, 0.5) is 19.3 Å². The van der Waals surface area contributed by atoms with Crippen molar-refractivity contribution in [2.24, 2.45) is 11.8 Å². The Balaban J connectivity index is 1.64. The fraction of sp³-hybridized carbons (Fsp3) is 0.483. The van der Waals surface area contributed by atoms with E-state index in [0.29, 0.717) is 11.5 Å². The second-order valence-corrected chi connectivity index (χ2v) is 12.4. The number of carbonyl (C=O) groups excluding carboxylic acids is 1. The topological polar surface area (TPSA) is 99.2 Å². The molecule has 2 aliphatic rings. The number of hydrogen-bond donors (Lipinski definition) is 2. The van der Waals surface area contributed by atoms with Gasteiger partial charge in [-0.05, 0) is 50.1 Å². The van der Waals surface area contributed by atoms with E-state index in [1.165, 1.54) is 22.3 Å². The average molecular weight is 576 g/mol. The largest absolute Gasteiger partial charge is 0.487 e. The Morgan fingerprint density at radius 3 is 2.65 bits per heavy atom. The molecule has 0 radical (unpaired) electrons. The van der Waals surface area contributed by atoms with Gasteiger partial charge in [-0.1, -0.05) is 31.6 Å². The highest BCUT2D eigenvalue weighted by molar-refractivity contribution is 7.89. The Morgan fingerprint density at radius 2 is 1.95 bits per heavy atom.